The summed E-state index contributed by atoms with van der Waals surface area (Å²) in [7, 11) is 0. The molecule has 0 bridgehead atoms. The predicted octanol–water partition coefficient (Wildman–Crippen LogP) is 6.41. The molecule has 0 aliphatic heterocycles. The Morgan fingerprint density at radius 3 is 2.16 bits per heavy atom. The standard InChI is InChI=1S/C12H7Cl4N3/c13-7-1-3-9(15)11(5-7)17-19-18-12-6-8(14)2-4-10(12)16/h1-6H,(H,17,18). The zero-order valence-electron chi connectivity index (χ0n) is 9.37. The molecule has 3 nitrogen and oxygen atoms in total. The first kappa shape index (κ1) is 14.4. The maximum Gasteiger partial charge on any atom is 0.107 e. The fourth-order valence-corrected chi connectivity index (χ4v) is 1.93. The van der Waals surface area contributed by atoms with Crippen LogP contribution in [-0.2, 0) is 0 Å². The molecule has 19 heavy (non-hydrogen) atoms. The molecule has 0 spiro atoms. The summed E-state index contributed by atoms with van der Waals surface area (Å²) in [6.45, 7) is 0. The van der Waals surface area contributed by atoms with Crippen LogP contribution in [-0.4, -0.2) is 0 Å². The molecule has 0 atom stereocenters. The third-order valence-electron chi connectivity index (χ3n) is 2.16. The smallest absolute Gasteiger partial charge is 0.107 e. The molecule has 0 radical (unpaired) electrons. The average Bonchev–Trinajstić information content (AvgIpc) is 2.38. The van der Waals surface area contributed by atoms with Crippen molar-refractivity contribution < 1.29 is 0 Å². The molecule has 0 amide bonds. The summed E-state index contributed by atoms with van der Waals surface area (Å²) in [5.41, 5.74) is 3.70. The highest BCUT2D eigenvalue weighted by atomic mass is 35.5. The first-order valence-corrected chi connectivity index (χ1v) is 6.64. The molecule has 0 aromatic heterocycles. The van der Waals surface area contributed by atoms with Crippen LogP contribution < -0.4 is 5.43 Å². The van der Waals surface area contributed by atoms with Crippen molar-refractivity contribution >= 4 is 57.8 Å². The lowest BCUT2D eigenvalue weighted by Gasteiger charge is -2.03. The van der Waals surface area contributed by atoms with Crippen molar-refractivity contribution in [3.63, 3.8) is 0 Å². The third-order valence-corrected chi connectivity index (χ3v) is 3.28. The minimum absolute atomic E-state index is 0.451. The quantitative estimate of drug-likeness (QED) is 0.511. The number of nitrogens with zero attached hydrogens (tertiary/aromatic N) is 2. The molecular weight excluding hydrogens is 328 g/mol. The van der Waals surface area contributed by atoms with Gasteiger partial charge in [-0.05, 0) is 36.4 Å². The third kappa shape index (κ3) is 3.98. The van der Waals surface area contributed by atoms with Gasteiger partial charge in [0, 0.05) is 10.0 Å². The number of nitrogens with one attached hydrogen (secondary N) is 1. The van der Waals surface area contributed by atoms with E-state index in [9.17, 15) is 0 Å². The van der Waals surface area contributed by atoms with E-state index in [2.05, 4.69) is 15.8 Å². The molecule has 98 valence electrons. The number of anilines is 1. The maximum atomic E-state index is 5.96. The van der Waals surface area contributed by atoms with Gasteiger partial charge in [0.05, 0.1) is 15.7 Å². The predicted molar refractivity (Wildman–Crippen MR) is 81.1 cm³/mol. The van der Waals surface area contributed by atoms with Crippen molar-refractivity contribution in [1.29, 1.82) is 0 Å². The van der Waals surface area contributed by atoms with Gasteiger partial charge in [-0.3, -0.25) is 5.43 Å². The van der Waals surface area contributed by atoms with Gasteiger partial charge in [-0.1, -0.05) is 51.6 Å². The van der Waals surface area contributed by atoms with E-state index >= 15 is 0 Å². The normalized spacial score (nSPS) is 10.9. The van der Waals surface area contributed by atoms with Crippen LogP contribution in [0.15, 0.2) is 46.7 Å². The number of rotatable bonds is 3. The zero-order chi connectivity index (χ0) is 13.8. The van der Waals surface area contributed by atoms with E-state index in [-0.39, 0.29) is 0 Å². The van der Waals surface area contributed by atoms with Gasteiger partial charge in [0.25, 0.3) is 0 Å². The van der Waals surface area contributed by atoms with Gasteiger partial charge in [0.15, 0.2) is 0 Å². The summed E-state index contributed by atoms with van der Waals surface area (Å²) in [4.78, 5) is 0. The van der Waals surface area contributed by atoms with Crippen LogP contribution in [0.5, 0.6) is 0 Å². The van der Waals surface area contributed by atoms with E-state index in [4.69, 9.17) is 46.4 Å². The van der Waals surface area contributed by atoms with Crippen molar-refractivity contribution in [2.75, 3.05) is 5.43 Å². The molecule has 0 fully saturated rings. The van der Waals surface area contributed by atoms with Crippen LogP contribution in [0.2, 0.25) is 20.1 Å². The molecule has 0 heterocycles. The van der Waals surface area contributed by atoms with Crippen molar-refractivity contribution in [3.05, 3.63) is 56.5 Å². The van der Waals surface area contributed by atoms with Crippen LogP contribution in [0.4, 0.5) is 11.4 Å². The number of hydrogen-bond donors (Lipinski definition) is 1. The van der Waals surface area contributed by atoms with Gasteiger partial charge in [0.2, 0.25) is 0 Å². The van der Waals surface area contributed by atoms with Crippen LogP contribution in [0.1, 0.15) is 0 Å². The van der Waals surface area contributed by atoms with E-state index in [1.807, 2.05) is 0 Å². The second-order valence-electron chi connectivity index (χ2n) is 3.53. The van der Waals surface area contributed by atoms with Crippen molar-refractivity contribution in [1.82, 2.24) is 0 Å². The lowest BCUT2D eigenvalue weighted by Crippen LogP contribution is -1.87. The SMILES string of the molecule is Clc1ccc(Cl)c(N=NNc2cc(Cl)ccc2Cl)c1. The minimum atomic E-state index is 0.451. The largest absolute Gasteiger partial charge is 0.258 e. The van der Waals surface area contributed by atoms with Crippen LogP contribution in [0.25, 0.3) is 0 Å². The zero-order valence-corrected chi connectivity index (χ0v) is 12.4. The molecule has 0 saturated carbocycles. The van der Waals surface area contributed by atoms with Crippen molar-refractivity contribution in [2.45, 2.75) is 0 Å². The number of benzene rings is 2. The Morgan fingerprint density at radius 2 is 1.42 bits per heavy atom. The Balaban J connectivity index is 2.15. The highest BCUT2D eigenvalue weighted by molar-refractivity contribution is 6.35. The first-order valence-electron chi connectivity index (χ1n) is 5.13. The van der Waals surface area contributed by atoms with Crippen molar-refractivity contribution in [2.24, 2.45) is 10.3 Å². The summed E-state index contributed by atoms with van der Waals surface area (Å²) < 4.78 is 0. The van der Waals surface area contributed by atoms with Gasteiger partial charge >= 0.3 is 0 Å². The molecule has 0 unspecified atom stereocenters. The lowest BCUT2D eigenvalue weighted by molar-refractivity contribution is 1.13. The molecule has 0 aliphatic carbocycles. The molecular formula is C12H7Cl4N3. The Labute approximate surface area is 130 Å². The highest BCUT2D eigenvalue weighted by Crippen LogP contribution is 2.29. The lowest BCUT2D eigenvalue weighted by atomic mass is 10.3. The molecule has 2 aromatic rings. The Bertz CT molecular complexity index is 628. The van der Waals surface area contributed by atoms with Gasteiger partial charge in [-0.15, -0.1) is 5.11 Å². The van der Waals surface area contributed by atoms with Crippen LogP contribution >= 0.6 is 46.4 Å². The monoisotopic (exact) mass is 333 g/mol. The second-order valence-corrected chi connectivity index (χ2v) is 5.22. The second kappa shape index (κ2) is 6.44. The molecule has 2 aromatic carbocycles. The fourth-order valence-electron chi connectivity index (χ4n) is 1.28. The van der Waals surface area contributed by atoms with Crippen LogP contribution in [0.3, 0.4) is 0 Å². The topological polar surface area (TPSA) is 36.8 Å². The van der Waals surface area contributed by atoms with E-state index in [1.165, 1.54) is 0 Å². The Kier molecular flexibility index (Phi) is 4.88. The van der Waals surface area contributed by atoms with Gasteiger partial charge in [0.1, 0.15) is 5.69 Å². The summed E-state index contributed by atoms with van der Waals surface area (Å²) in [6, 6.07) is 9.90. The van der Waals surface area contributed by atoms with E-state index < -0.39 is 0 Å². The number of hydrogen-bond acceptors (Lipinski definition) is 2. The molecule has 1 N–H and O–H groups in total. The molecule has 0 aliphatic rings. The van der Waals surface area contributed by atoms with Crippen LogP contribution in [0, 0.1) is 0 Å². The fraction of sp³-hybridized carbons (Fsp3) is 0. The van der Waals surface area contributed by atoms with E-state index in [0.29, 0.717) is 31.5 Å². The maximum absolute atomic E-state index is 5.96. The Morgan fingerprint density at radius 1 is 0.789 bits per heavy atom. The van der Waals surface area contributed by atoms with E-state index in [1.54, 1.807) is 36.4 Å². The summed E-state index contributed by atoms with van der Waals surface area (Å²) >= 11 is 23.6. The average molecular weight is 335 g/mol. The molecule has 2 rings (SSSR count). The van der Waals surface area contributed by atoms with E-state index in [0.717, 1.165) is 0 Å². The Hall–Kier alpha value is -1.00. The first-order chi connectivity index (χ1) is 9.06. The minimum Gasteiger partial charge on any atom is -0.258 e. The molecule has 0 saturated heterocycles. The number of halogens is 4. The highest BCUT2D eigenvalue weighted by Gasteiger charge is 2.01. The van der Waals surface area contributed by atoms with Gasteiger partial charge < -0.3 is 0 Å². The van der Waals surface area contributed by atoms with Crippen molar-refractivity contribution in [3.8, 4) is 0 Å². The van der Waals surface area contributed by atoms with Gasteiger partial charge in [-0.25, -0.2) is 0 Å². The van der Waals surface area contributed by atoms with Gasteiger partial charge in [-0.2, -0.15) is 0 Å². The molecule has 7 heteroatoms. The summed E-state index contributed by atoms with van der Waals surface area (Å²) in [5.74, 6) is 0. The summed E-state index contributed by atoms with van der Waals surface area (Å²) in [6.07, 6.45) is 0. The summed E-state index contributed by atoms with van der Waals surface area (Å²) in [5, 5.41) is 9.74.